The van der Waals surface area contributed by atoms with Gasteiger partial charge < -0.3 is 10.1 Å². The van der Waals surface area contributed by atoms with E-state index in [1.165, 1.54) is 12.1 Å². The highest BCUT2D eigenvalue weighted by Gasteiger charge is 2.31. The third-order valence-electron chi connectivity index (χ3n) is 2.63. The van der Waals surface area contributed by atoms with E-state index in [0.29, 0.717) is 6.54 Å². The summed E-state index contributed by atoms with van der Waals surface area (Å²) in [6.07, 6.45) is -2.81. The molecule has 108 valence electrons. The Morgan fingerprint density at radius 3 is 2.45 bits per heavy atom. The van der Waals surface area contributed by atoms with E-state index in [1.54, 1.807) is 23.9 Å². The molecule has 0 saturated heterocycles. The Balaban J connectivity index is 2.26. The van der Waals surface area contributed by atoms with Crippen molar-refractivity contribution in [2.45, 2.75) is 12.9 Å². The molecule has 0 atom stereocenters. The van der Waals surface area contributed by atoms with Gasteiger partial charge in [0.05, 0.1) is 5.69 Å². The monoisotopic (exact) mass is 285 g/mol. The zero-order valence-electron chi connectivity index (χ0n) is 11.0. The van der Waals surface area contributed by atoms with Crippen LogP contribution in [0.3, 0.4) is 0 Å². The average molecular weight is 285 g/mol. The summed E-state index contributed by atoms with van der Waals surface area (Å²) in [6, 6.07) is 5.67. The van der Waals surface area contributed by atoms with Gasteiger partial charge in [0.1, 0.15) is 5.75 Å². The fourth-order valence-corrected chi connectivity index (χ4v) is 1.91. The number of nitrogens with zero attached hydrogens (tertiary/aromatic N) is 2. The Bertz CT molecular complexity index is 576. The van der Waals surface area contributed by atoms with Crippen molar-refractivity contribution in [1.82, 2.24) is 15.1 Å². The van der Waals surface area contributed by atoms with E-state index in [2.05, 4.69) is 15.2 Å². The summed E-state index contributed by atoms with van der Waals surface area (Å²) < 4.78 is 41.8. The quantitative estimate of drug-likeness (QED) is 0.938. The molecule has 0 fully saturated rings. The van der Waals surface area contributed by atoms with E-state index in [9.17, 15) is 13.2 Å². The van der Waals surface area contributed by atoms with Gasteiger partial charge in [-0.3, -0.25) is 4.68 Å². The van der Waals surface area contributed by atoms with Crippen molar-refractivity contribution in [3.8, 4) is 17.0 Å². The van der Waals surface area contributed by atoms with Crippen LogP contribution in [0.25, 0.3) is 11.3 Å². The van der Waals surface area contributed by atoms with Crippen molar-refractivity contribution in [2.24, 2.45) is 7.05 Å². The molecule has 2 aromatic rings. The molecule has 0 radical (unpaired) electrons. The number of hydrogen-bond donors (Lipinski definition) is 1. The Morgan fingerprint density at radius 1 is 1.25 bits per heavy atom. The molecular formula is C13H14F3N3O. The minimum absolute atomic E-state index is 0.243. The molecule has 0 aliphatic rings. The van der Waals surface area contributed by atoms with E-state index in [0.717, 1.165) is 16.8 Å². The third-order valence-corrected chi connectivity index (χ3v) is 2.63. The van der Waals surface area contributed by atoms with Crippen LogP contribution >= 0.6 is 0 Å². The molecule has 1 N–H and O–H groups in total. The van der Waals surface area contributed by atoms with Crippen LogP contribution in [0.4, 0.5) is 13.2 Å². The van der Waals surface area contributed by atoms with Gasteiger partial charge in [-0.05, 0) is 31.3 Å². The Hall–Kier alpha value is -2.02. The first-order chi connectivity index (χ1) is 9.39. The van der Waals surface area contributed by atoms with Gasteiger partial charge >= 0.3 is 6.36 Å². The molecule has 20 heavy (non-hydrogen) atoms. The number of benzene rings is 1. The van der Waals surface area contributed by atoms with E-state index in [4.69, 9.17) is 0 Å². The lowest BCUT2D eigenvalue weighted by molar-refractivity contribution is -0.274. The second-order valence-corrected chi connectivity index (χ2v) is 4.28. The highest BCUT2D eigenvalue weighted by atomic mass is 19.4. The lowest BCUT2D eigenvalue weighted by Gasteiger charge is -2.09. The molecule has 1 aromatic carbocycles. The fraction of sp³-hybridized carbons (Fsp3) is 0.308. The van der Waals surface area contributed by atoms with Gasteiger partial charge in [-0.25, -0.2) is 0 Å². The zero-order chi connectivity index (χ0) is 14.8. The second kappa shape index (κ2) is 5.54. The van der Waals surface area contributed by atoms with Gasteiger partial charge in [0.2, 0.25) is 0 Å². The van der Waals surface area contributed by atoms with Gasteiger partial charge in [-0.2, -0.15) is 5.10 Å². The molecule has 0 bridgehead atoms. The van der Waals surface area contributed by atoms with Crippen LogP contribution in [-0.4, -0.2) is 23.2 Å². The van der Waals surface area contributed by atoms with Crippen LogP contribution in [0.2, 0.25) is 0 Å². The van der Waals surface area contributed by atoms with Gasteiger partial charge in [0.15, 0.2) is 0 Å². The number of halogens is 3. The summed E-state index contributed by atoms with van der Waals surface area (Å²) in [5, 5.41) is 7.34. The summed E-state index contributed by atoms with van der Waals surface area (Å²) in [5.41, 5.74) is 2.45. The molecule has 0 saturated carbocycles. The fourth-order valence-electron chi connectivity index (χ4n) is 1.91. The van der Waals surface area contributed by atoms with E-state index in [1.807, 2.05) is 13.2 Å². The van der Waals surface area contributed by atoms with Crippen molar-refractivity contribution in [1.29, 1.82) is 0 Å². The van der Waals surface area contributed by atoms with Crippen LogP contribution < -0.4 is 10.1 Å². The summed E-state index contributed by atoms with van der Waals surface area (Å²) in [7, 11) is 3.61. The summed E-state index contributed by atoms with van der Waals surface area (Å²) in [4.78, 5) is 0. The number of aryl methyl sites for hydroxylation is 1. The van der Waals surface area contributed by atoms with Gasteiger partial charge in [-0.15, -0.1) is 13.2 Å². The zero-order valence-corrected chi connectivity index (χ0v) is 11.0. The number of nitrogens with one attached hydrogen (secondary N) is 1. The maximum absolute atomic E-state index is 12.1. The van der Waals surface area contributed by atoms with Crippen LogP contribution in [0, 0.1) is 0 Å². The smallest absolute Gasteiger partial charge is 0.406 e. The van der Waals surface area contributed by atoms with E-state index < -0.39 is 6.36 Å². The van der Waals surface area contributed by atoms with Crippen molar-refractivity contribution in [2.75, 3.05) is 7.05 Å². The molecule has 0 amide bonds. The number of alkyl halides is 3. The maximum atomic E-state index is 12.1. The van der Waals surface area contributed by atoms with Crippen molar-refractivity contribution < 1.29 is 17.9 Å². The van der Waals surface area contributed by atoms with Crippen molar-refractivity contribution >= 4 is 0 Å². The number of ether oxygens (including phenoxy) is 1. The predicted octanol–water partition coefficient (Wildman–Crippen LogP) is 2.71. The first-order valence-electron chi connectivity index (χ1n) is 5.92. The van der Waals surface area contributed by atoms with E-state index >= 15 is 0 Å². The number of hydrogen-bond acceptors (Lipinski definition) is 3. The lowest BCUT2D eigenvalue weighted by Crippen LogP contribution is -2.16. The molecule has 2 rings (SSSR count). The highest BCUT2D eigenvalue weighted by Crippen LogP contribution is 2.27. The normalized spacial score (nSPS) is 11.7. The van der Waals surface area contributed by atoms with Gasteiger partial charge in [-0.1, -0.05) is 0 Å². The largest absolute Gasteiger partial charge is 0.573 e. The first kappa shape index (κ1) is 14.4. The predicted molar refractivity (Wildman–Crippen MR) is 68.1 cm³/mol. The van der Waals surface area contributed by atoms with Crippen LogP contribution in [0.15, 0.2) is 30.5 Å². The number of aromatic nitrogens is 2. The number of rotatable bonds is 4. The minimum atomic E-state index is -4.68. The Labute approximate surface area is 114 Å². The standard InChI is InChI=1S/C13H14F3N3O/c1-17-7-10-8-19(2)18-12(10)9-3-5-11(6-4-9)20-13(14,15)16/h3-6,8,17H,7H2,1-2H3. The first-order valence-corrected chi connectivity index (χ1v) is 5.92. The maximum Gasteiger partial charge on any atom is 0.573 e. The molecule has 0 spiro atoms. The molecule has 0 aliphatic heterocycles. The third kappa shape index (κ3) is 3.51. The second-order valence-electron chi connectivity index (χ2n) is 4.28. The Morgan fingerprint density at radius 2 is 1.90 bits per heavy atom. The molecule has 7 heteroatoms. The van der Waals surface area contributed by atoms with Gasteiger partial charge in [0.25, 0.3) is 0 Å². The average Bonchev–Trinajstić information content (AvgIpc) is 2.70. The van der Waals surface area contributed by atoms with Crippen LogP contribution in [0.1, 0.15) is 5.56 Å². The summed E-state index contributed by atoms with van der Waals surface area (Å²) in [6.45, 7) is 0.629. The van der Waals surface area contributed by atoms with Crippen LogP contribution in [0.5, 0.6) is 5.75 Å². The molecule has 0 aliphatic carbocycles. The minimum Gasteiger partial charge on any atom is -0.406 e. The summed E-state index contributed by atoms with van der Waals surface area (Å²) >= 11 is 0. The molecular weight excluding hydrogens is 271 g/mol. The van der Waals surface area contributed by atoms with Crippen molar-refractivity contribution in [3.05, 3.63) is 36.0 Å². The molecule has 4 nitrogen and oxygen atoms in total. The van der Waals surface area contributed by atoms with Gasteiger partial charge in [0, 0.05) is 30.9 Å². The SMILES string of the molecule is CNCc1cn(C)nc1-c1ccc(OC(F)(F)F)cc1. The summed E-state index contributed by atoms with van der Waals surface area (Å²) in [5.74, 6) is -0.243. The highest BCUT2D eigenvalue weighted by molar-refractivity contribution is 5.63. The van der Waals surface area contributed by atoms with Crippen molar-refractivity contribution in [3.63, 3.8) is 0 Å². The lowest BCUT2D eigenvalue weighted by atomic mass is 10.1. The Kier molecular flexibility index (Phi) is 3.99. The molecule has 0 unspecified atom stereocenters. The molecule has 1 heterocycles. The topological polar surface area (TPSA) is 39.1 Å². The molecule has 1 aromatic heterocycles. The van der Waals surface area contributed by atoms with E-state index in [-0.39, 0.29) is 5.75 Å². The van der Waals surface area contributed by atoms with Crippen LogP contribution in [-0.2, 0) is 13.6 Å².